The van der Waals surface area contributed by atoms with Crippen LogP contribution in [0.5, 0.6) is 0 Å². The number of anilines is 1. The standard InChI is InChI=1S/C17H17Cl2F2N3O3/c1-6-11-10(3-4-22-15(6)26)24(17(20)21)14-12(11)9(5-8(18)13(14)19)23-16(27)7(2)25/h5-7,17,25H,3-4H2,1-2H3,(H,22,26)(H,23,27)/t6?,7-/m0/s1. The monoisotopic (exact) mass is 419 g/mol. The molecule has 1 aliphatic heterocycles. The average molecular weight is 420 g/mol. The number of amides is 2. The van der Waals surface area contributed by atoms with Crippen molar-refractivity contribution in [3.05, 3.63) is 27.4 Å². The fraction of sp³-hybridized carbons (Fsp3) is 0.412. The topological polar surface area (TPSA) is 83.4 Å². The van der Waals surface area contributed by atoms with Crippen molar-refractivity contribution in [2.24, 2.45) is 0 Å². The van der Waals surface area contributed by atoms with E-state index in [1.807, 2.05) is 0 Å². The highest BCUT2D eigenvalue weighted by atomic mass is 35.5. The van der Waals surface area contributed by atoms with Crippen LogP contribution in [-0.4, -0.2) is 34.1 Å². The fourth-order valence-corrected chi connectivity index (χ4v) is 3.82. The first-order chi connectivity index (χ1) is 12.6. The van der Waals surface area contributed by atoms with Gasteiger partial charge in [0, 0.05) is 24.0 Å². The van der Waals surface area contributed by atoms with Gasteiger partial charge >= 0.3 is 6.55 Å². The molecule has 0 fully saturated rings. The SMILES string of the molecule is CC1C(=O)NCCc2c1c1c(NC(=O)[C@H](C)O)cc(Cl)c(Cl)c1n2C(F)F. The third-order valence-electron chi connectivity index (χ3n) is 4.63. The molecule has 6 nitrogen and oxygen atoms in total. The molecule has 1 aromatic carbocycles. The highest BCUT2D eigenvalue weighted by Crippen LogP contribution is 2.45. The summed E-state index contributed by atoms with van der Waals surface area (Å²) in [5.74, 6) is -1.80. The van der Waals surface area contributed by atoms with Gasteiger partial charge in [-0.3, -0.25) is 14.2 Å². The van der Waals surface area contributed by atoms with Crippen molar-refractivity contribution in [3.63, 3.8) is 0 Å². The normalized spacial score (nSPS) is 18.2. The summed E-state index contributed by atoms with van der Waals surface area (Å²) in [5, 5.41) is 14.8. The highest BCUT2D eigenvalue weighted by molar-refractivity contribution is 6.46. The number of carbonyl (C=O) groups excluding carboxylic acids is 2. The number of nitrogens with zero attached hydrogens (tertiary/aromatic N) is 1. The molecular weight excluding hydrogens is 403 g/mol. The summed E-state index contributed by atoms with van der Waals surface area (Å²) in [6.45, 7) is 0.135. The molecule has 10 heteroatoms. The van der Waals surface area contributed by atoms with Gasteiger partial charge in [0.05, 0.1) is 27.2 Å². The Kier molecular flexibility index (Phi) is 5.33. The molecule has 0 radical (unpaired) electrons. The van der Waals surface area contributed by atoms with E-state index in [4.69, 9.17) is 23.2 Å². The Hall–Kier alpha value is -1.90. The number of alkyl halides is 2. The molecule has 1 aromatic heterocycles. The lowest BCUT2D eigenvalue weighted by Gasteiger charge is -2.14. The fourth-order valence-electron chi connectivity index (χ4n) is 3.38. The number of hydrogen-bond acceptors (Lipinski definition) is 3. The summed E-state index contributed by atoms with van der Waals surface area (Å²) < 4.78 is 28.6. The number of aliphatic hydroxyl groups excluding tert-OH is 1. The smallest absolute Gasteiger partial charge is 0.319 e. The second kappa shape index (κ2) is 7.26. The second-order valence-electron chi connectivity index (χ2n) is 6.38. The van der Waals surface area contributed by atoms with Gasteiger partial charge in [0.2, 0.25) is 5.91 Å². The van der Waals surface area contributed by atoms with E-state index < -0.39 is 24.5 Å². The van der Waals surface area contributed by atoms with Crippen LogP contribution in [-0.2, 0) is 16.0 Å². The van der Waals surface area contributed by atoms with Crippen molar-refractivity contribution < 1.29 is 23.5 Å². The molecule has 0 saturated carbocycles. The van der Waals surface area contributed by atoms with E-state index in [0.717, 1.165) is 4.57 Å². The minimum Gasteiger partial charge on any atom is -0.384 e. The molecule has 0 bridgehead atoms. The van der Waals surface area contributed by atoms with Gasteiger partial charge in [-0.15, -0.1) is 0 Å². The molecule has 2 heterocycles. The Morgan fingerprint density at radius 3 is 2.70 bits per heavy atom. The minimum absolute atomic E-state index is 0.0308. The highest BCUT2D eigenvalue weighted by Gasteiger charge is 2.33. The third kappa shape index (κ3) is 3.26. The van der Waals surface area contributed by atoms with Gasteiger partial charge in [-0.1, -0.05) is 23.2 Å². The second-order valence-corrected chi connectivity index (χ2v) is 7.16. The van der Waals surface area contributed by atoms with E-state index in [2.05, 4.69) is 10.6 Å². The Balaban J connectivity index is 2.43. The Morgan fingerprint density at radius 1 is 1.44 bits per heavy atom. The van der Waals surface area contributed by atoms with Crippen molar-refractivity contribution in [2.75, 3.05) is 11.9 Å². The van der Waals surface area contributed by atoms with Gasteiger partial charge in [0.1, 0.15) is 6.10 Å². The van der Waals surface area contributed by atoms with Crippen molar-refractivity contribution >= 4 is 51.6 Å². The van der Waals surface area contributed by atoms with Gasteiger partial charge in [0.25, 0.3) is 5.91 Å². The summed E-state index contributed by atoms with van der Waals surface area (Å²) in [5.41, 5.74) is 0.677. The van der Waals surface area contributed by atoms with Crippen LogP contribution in [0.15, 0.2) is 6.07 Å². The molecule has 0 saturated heterocycles. The van der Waals surface area contributed by atoms with Gasteiger partial charge in [-0.25, -0.2) is 0 Å². The van der Waals surface area contributed by atoms with Gasteiger partial charge < -0.3 is 15.7 Å². The van der Waals surface area contributed by atoms with Crippen LogP contribution in [0, 0.1) is 0 Å². The van der Waals surface area contributed by atoms with E-state index in [-0.39, 0.29) is 51.2 Å². The van der Waals surface area contributed by atoms with Crippen molar-refractivity contribution in [1.29, 1.82) is 0 Å². The number of fused-ring (bicyclic) bond motifs is 3. The number of rotatable bonds is 3. The van der Waals surface area contributed by atoms with E-state index in [0.29, 0.717) is 5.56 Å². The van der Waals surface area contributed by atoms with Gasteiger partial charge in [-0.05, 0) is 25.5 Å². The zero-order valence-electron chi connectivity index (χ0n) is 14.4. The molecule has 1 unspecified atom stereocenters. The molecule has 2 amide bonds. The maximum absolute atomic E-state index is 13.9. The first-order valence-electron chi connectivity index (χ1n) is 8.24. The minimum atomic E-state index is -2.92. The van der Waals surface area contributed by atoms with Gasteiger partial charge in [0.15, 0.2) is 0 Å². The Labute approximate surface area is 163 Å². The third-order valence-corrected chi connectivity index (χ3v) is 5.40. The molecule has 2 aromatic rings. The van der Waals surface area contributed by atoms with Crippen LogP contribution >= 0.6 is 23.2 Å². The van der Waals surface area contributed by atoms with Crippen LogP contribution in [0.4, 0.5) is 14.5 Å². The van der Waals surface area contributed by atoms with E-state index >= 15 is 0 Å². The Bertz CT molecular complexity index is 944. The predicted molar refractivity (Wildman–Crippen MR) is 98.7 cm³/mol. The maximum atomic E-state index is 13.9. The summed E-state index contributed by atoms with van der Waals surface area (Å²) in [4.78, 5) is 24.3. The maximum Gasteiger partial charge on any atom is 0.319 e. The van der Waals surface area contributed by atoms with E-state index in [1.165, 1.54) is 13.0 Å². The summed E-state index contributed by atoms with van der Waals surface area (Å²) in [6.07, 6.45) is -1.16. The van der Waals surface area contributed by atoms with Crippen molar-refractivity contribution in [2.45, 2.75) is 38.8 Å². The zero-order valence-corrected chi connectivity index (χ0v) is 16.0. The van der Waals surface area contributed by atoms with Crippen LogP contribution in [0.1, 0.15) is 37.6 Å². The lowest BCUT2D eigenvalue weighted by atomic mass is 9.96. The van der Waals surface area contributed by atoms with Gasteiger partial charge in [-0.2, -0.15) is 8.78 Å². The van der Waals surface area contributed by atoms with Crippen LogP contribution in [0.3, 0.4) is 0 Å². The molecule has 2 atom stereocenters. The molecule has 3 N–H and O–H groups in total. The quantitative estimate of drug-likeness (QED) is 0.712. The van der Waals surface area contributed by atoms with E-state index in [9.17, 15) is 23.5 Å². The van der Waals surface area contributed by atoms with Crippen molar-refractivity contribution in [3.8, 4) is 0 Å². The lowest BCUT2D eigenvalue weighted by Crippen LogP contribution is -2.27. The molecular formula is C17H17Cl2F2N3O3. The lowest BCUT2D eigenvalue weighted by molar-refractivity contribution is -0.123. The van der Waals surface area contributed by atoms with Crippen molar-refractivity contribution in [1.82, 2.24) is 9.88 Å². The van der Waals surface area contributed by atoms with Crippen LogP contribution < -0.4 is 10.6 Å². The average Bonchev–Trinajstić information content (AvgIpc) is 2.86. The summed E-state index contributed by atoms with van der Waals surface area (Å²) in [6, 6.07) is 1.33. The number of halogens is 4. The zero-order chi connectivity index (χ0) is 20.0. The van der Waals surface area contributed by atoms with Crippen LogP contribution in [0.2, 0.25) is 10.0 Å². The van der Waals surface area contributed by atoms with Crippen LogP contribution in [0.25, 0.3) is 10.9 Å². The Morgan fingerprint density at radius 2 is 2.11 bits per heavy atom. The predicted octanol–water partition coefficient (Wildman–Crippen LogP) is 3.44. The first-order valence-corrected chi connectivity index (χ1v) is 9.00. The molecule has 0 spiro atoms. The molecule has 146 valence electrons. The first kappa shape index (κ1) is 19.9. The number of nitrogens with one attached hydrogen (secondary N) is 2. The number of carbonyl (C=O) groups is 2. The number of benzene rings is 1. The molecule has 1 aliphatic rings. The molecule has 3 rings (SSSR count). The molecule has 27 heavy (non-hydrogen) atoms. The number of hydrogen-bond donors (Lipinski definition) is 3. The molecule has 0 aliphatic carbocycles. The van der Waals surface area contributed by atoms with E-state index in [1.54, 1.807) is 6.92 Å². The largest absolute Gasteiger partial charge is 0.384 e. The number of aromatic nitrogens is 1. The summed E-state index contributed by atoms with van der Waals surface area (Å²) in [7, 11) is 0. The summed E-state index contributed by atoms with van der Waals surface area (Å²) >= 11 is 12.4. The number of aliphatic hydroxyl groups is 1.